The molecule has 0 atom stereocenters. The van der Waals surface area contributed by atoms with Crippen molar-refractivity contribution in [2.24, 2.45) is 0 Å². The third-order valence-corrected chi connectivity index (χ3v) is 6.05. The number of urea groups is 1. The first kappa shape index (κ1) is 24.8. The highest BCUT2D eigenvalue weighted by molar-refractivity contribution is 7.11. The van der Waals surface area contributed by atoms with E-state index in [1.54, 1.807) is 6.92 Å². The molecule has 1 aromatic heterocycles. The van der Waals surface area contributed by atoms with Crippen molar-refractivity contribution < 1.29 is 27.8 Å². The molecular formula is C22H28F2N4O4S. The van der Waals surface area contributed by atoms with Crippen LogP contribution in [0.15, 0.2) is 12.1 Å². The minimum absolute atomic E-state index is 0.111. The Morgan fingerprint density at radius 1 is 1.18 bits per heavy atom. The number of hydrogen-bond donors (Lipinski definition) is 2. The van der Waals surface area contributed by atoms with Crippen LogP contribution in [0.1, 0.15) is 47.2 Å². The Hall–Kier alpha value is -2.79. The van der Waals surface area contributed by atoms with Gasteiger partial charge in [-0.2, -0.15) is 4.37 Å². The summed E-state index contributed by atoms with van der Waals surface area (Å²) < 4.78 is 42.3. The van der Waals surface area contributed by atoms with E-state index in [2.05, 4.69) is 19.9 Å². The first-order chi connectivity index (χ1) is 15.9. The average molecular weight is 483 g/mol. The molecule has 0 bridgehead atoms. The van der Waals surface area contributed by atoms with Crippen LogP contribution in [-0.2, 0) is 11.3 Å². The number of esters is 1. The van der Waals surface area contributed by atoms with Gasteiger partial charge in [0.05, 0.1) is 12.7 Å². The van der Waals surface area contributed by atoms with E-state index in [0.717, 1.165) is 44.0 Å². The van der Waals surface area contributed by atoms with Crippen LogP contribution in [0, 0.1) is 18.6 Å². The number of aromatic nitrogens is 1. The van der Waals surface area contributed by atoms with Crippen LogP contribution in [0.5, 0.6) is 5.88 Å². The fraction of sp³-hybridized carbons (Fsp3) is 0.500. The van der Waals surface area contributed by atoms with Crippen LogP contribution in [0.25, 0.3) is 0 Å². The maximum atomic E-state index is 14.1. The number of amides is 2. The first-order valence-corrected chi connectivity index (χ1v) is 11.6. The van der Waals surface area contributed by atoms with E-state index in [1.807, 2.05) is 0 Å². The van der Waals surface area contributed by atoms with Crippen LogP contribution in [-0.4, -0.2) is 54.6 Å². The summed E-state index contributed by atoms with van der Waals surface area (Å²) in [6, 6.07) is 1.88. The monoisotopic (exact) mass is 482 g/mol. The summed E-state index contributed by atoms with van der Waals surface area (Å²) in [5.41, 5.74) is 0.0383. The largest absolute Gasteiger partial charge is 0.471 e. The highest BCUT2D eigenvalue weighted by Gasteiger charge is 2.25. The molecule has 0 saturated carbocycles. The van der Waals surface area contributed by atoms with Crippen molar-refractivity contribution in [2.45, 2.75) is 39.2 Å². The number of anilines is 1. The predicted molar refractivity (Wildman–Crippen MR) is 121 cm³/mol. The third kappa shape index (κ3) is 6.84. The summed E-state index contributed by atoms with van der Waals surface area (Å²) >= 11 is 0.813. The van der Waals surface area contributed by atoms with Crippen LogP contribution < -0.4 is 15.4 Å². The van der Waals surface area contributed by atoms with Crippen LogP contribution in [0.4, 0.5) is 18.6 Å². The normalized spacial score (nSPS) is 13.7. The van der Waals surface area contributed by atoms with E-state index in [4.69, 9.17) is 9.47 Å². The zero-order valence-corrected chi connectivity index (χ0v) is 19.5. The molecule has 1 fully saturated rings. The number of ether oxygens (including phenoxy) is 2. The number of likely N-dealkylation sites (tertiary alicyclic amines) is 1. The lowest BCUT2D eigenvalue weighted by Crippen LogP contribution is -2.30. The quantitative estimate of drug-likeness (QED) is 0.391. The van der Waals surface area contributed by atoms with Gasteiger partial charge in [0.1, 0.15) is 23.2 Å². The van der Waals surface area contributed by atoms with E-state index in [1.165, 1.54) is 32.1 Å². The predicted octanol–water partition coefficient (Wildman–Crippen LogP) is 4.09. The molecule has 11 heteroatoms. The third-order valence-electron chi connectivity index (χ3n) is 5.30. The molecule has 1 saturated heterocycles. The summed E-state index contributed by atoms with van der Waals surface area (Å²) in [5, 5.41) is 5.44. The molecule has 2 heterocycles. The van der Waals surface area contributed by atoms with E-state index < -0.39 is 30.2 Å². The van der Waals surface area contributed by atoms with Crippen molar-refractivity contribution in [3.63, 3.8) is 0 Å². The first-order valence-electron chi connectivity index (χ1n) is 10.8. The van der Waals surface area contributed by atoms with Gasteiger partial charge in [0.2, 0.25) is 5.88 Å². The maximum Gasteiger partial charge on any atom is 0.346 e. The summed E-state index contributed by atoms with van der Waals surface area (Å²) in [4.78, 5) is 26.9. The molecule has 1 aromatic carbocycles. The second-order valence-electron chi connectivity index (χ2n) is 7.82. The van der Waals surface area contributed by atoms with Gasteiger partial charge in [0, 0.05) is 6.54 Å². The molecule has 2 amide bonds. The SMILES string of the molecule is COC(=O)c1c(OCc2c(F)cc(C)cc2F)nsc1NC(=O)NCCCCN1CCCC1. The van der Waals surface area contributed by atoms with Crippen LogP contribution in [0.2, 0.25) is 0 Å². The lowest BCUT2D eigenvalue weighted by atomic mass is 10.1. The van der Waals surface area contributed by atoms with Gasteiger partial charge in [-0.15, -0.1) is 0 Å². The Morgan fingerprint density at radius 2 is 1.88 bits per heavy atom. The number of nitrogens with one attached hydrogen (secondary N) is 2. The van der Waals surface area contributed by atoms with Crippen LogP contribution in [0.3, 0.4) is 0 Å². The topological polar surface area (TPSA) is 92.8 Å². The van der Waals surface area contributed by atoms with Crippen molar-refractivity contribution >= 4 is 28.5 Å². The smallest absolute Gasteiger partial charge is 0.346 e. The Morgan fingerprint density at radius 3 is 2.55 bits per heavy atom. The zero-order valence-electron chi connectivity index (χ0n) is 18.7. The number of aryl methyl sites for hydroxylation is 1. The van der Waals surface area contributed by atoms with E-state index in [-0.39, 0.29) is 22.0 Å². The second kappa shape index (κ2) is 11.9. The Balaban J connectivity index is 1.56. The van der Waals surface area contributed by atoms with Gasteiger partial charge in [-0.3, -0.25) is 5.32 Å². The van der Waals surface area contributed by atoms with Gasteiger partial charge in [0.15, 0.2) is 5.56 Å². The Bertz CT molecular complexity index is 956. The molecule has 3 rings (SSSR count). The van der Waals surface area contributed by atoms with E-state index in [9.17, 15) is 18.4 Å². The van der Waals surface area contributed by atoms with Crippen LogP contribution >= 0.6 is 11.5 Å². The van der Waals surface area contributed by atoms with E-state index in [0.29, 0.717) is 12.1 Å². The number of carbonyl (C=O) groups is 2. The molecule has 33 heavy (non-hydrogen) atoms. The number of nitrogens with zero attached hydrogens (tertiary/aromatic N) is 2. The number of halogens is 2. The lowest BCUT2D eigenvalue weighted by Gasteiger charge is -2.14. The molecule has 2 aromatic rings. The minimum atomic E-state index is -0.787. The van der Waals surface area contributed by atoms with Crippen molar-refractivity contribution in [1.29, 1.82) is 0 Å². The number of rotatable bonds is 10. The second-order valence-corrected chi connectivity index (χ2v) is 8.59. The number of unbranched alkanes of at least 4 members (excludes halogenated alkanes) is 1. The summed E-state index contributed by atoms with van der Waals surface area (Å²) in [5.74, 6) is -2.48. The molecule has 0 unspecified atom stereocenters. The van der Waals surface area contributed by atoms with Gasteiger partial charge >= 0.3 is 12.0 Å². The van der Waals surface area contributed by atoms with Crippen molar-refractivity contribution in [3.8, 4) is 5.88 Å². The Kier molecular flexibility index (Phi) is 8.95. The molecule has 0 spiro atoms. The molecule has 180 valence electrons. The molecule has 1 aliphatic rings. The number of benzene rings is 1. The molecular weight excluding hydrogens is 454 g/mol. The van der Waals surface area contributed by atoms with Crippen molar-refractivity contribution in [3.05, 3.63) is 40.5 Å². The molecule has 8 nitrogen and oxygen atoms in total. The van der Waals surface area contributed by atoms with Gasteiger partial charge in [0.25, 0.3) is 0 Å². The molecule has 0 aliphatic carbocycles. The van der Waals surface area contributed by atoms with Gasteiger partial charge < -0.3 is 19.7 Å². The lowest BCUT2D eigenvalue weighted by molar-refractivity contribution is 0.0596. The highest BCUT2D eigenvalue weighted by atomic mass is 32.1. The van der Waals surface area contributed by atoms with Crippen molar-refractivity contribution in [2.75, 3.05) is 38.6 Å². The van der Waals surface area contributed by atoms with E-state index >= 15 is 0 Å². The zero-order chi connectivity index (χ0) is 23.8. The molecule has 0 radical (unpaired) electrons. The van der Waals surface area contributed by atoms with Crippen molar-refractivity contribution in [1.82, 2.24) is 14.6 Å². The standard InChI is InChI=1S/C22H28F2N4O4S/c1-14-11-16(23)15(17(24)12-14)13-32-19-18(21(29)31-2)20(33-27-19)26-22(30)25-7-3-4-8-28-9-5-6-10-28/h11-12H,3-10,13H2,1-2H3,(H2,25,26,30). The number of carbonyl (C=O) groups excluding carboxylic acids is 2. The van der Waals surface area contributed by atoms with Gasteiger partial charge in [-0.25, -0.2) is 18.4 Å². The summed E-state index contributed by atoms with van der Waals surface area (Å²) in [6.45, 7) is 4.89. The van der Waals surface area contributed by atoms with Gasteiger partial charge in [-0.05, 0) is 81.5 Å². The summed E-state index contributed by atoms with van der Waals surface area (Å²) in [7, 11) is 1.17. The number of methoxy groups -OCH3 is 1. The summed E-state index contributed by atoms with van der Waals surface area (Å²) in [6.07, 6.45) is 4.31. The Labute approximate surface area is 195 Å². The minimum Gasteiger partial charge on any atom is -0.471 e. The fourth-order valence-corrected chi connectivity index (χ4v) is 4.28. The number of hydrogen-bond acceptors (Lipinski definition) is 7. The highest BCUT2D eigenvalue weighted by Crippen LogP contribution is 2.32. The molecule has 1 aliphatic heterocycles. The molecule has 2 N–H and O–H groups in total. The average Bonchev–Trinajstić information content (AvgIpc) is 3.42. The maximum absolute atomic E-state index is 14.1. The van der Waals surface area contributed by atoms with Gasteiger partial charge in [-0.1, -0.05) is 0 Å². The fourth-order valence-electron chi connectivity index (χ4n) is 3.57.